The molecule has 1 N–H and O–H groups in total. The normalized spacial score (nSPS) is 21.0. The van der Waals surface area contributed by atoms with Gasteiger partial charge in [0, 0.05) is 12.6 Å². The van der Waals surface area contributed by atoms with Crippen LogP contribution in [0.5, 0.6) is 0 Å². The Bertz CT molecular complexity index is 423. The quantitative estimate of drug-likeness (QED) is 0.807. The zero-order valence-corrected chi connectivity index (χ0v) is 10.5. The van der Waals surface area contributed by atoms with Gasteiger partial charge in [-0.1, -0.05) is 23.3 Å². The van der Waals surface area contributed by atoms with E-state index in [1.807, 2.05) is 20.0 Å². The van der Waals surface area contributed by atoms with Crippen molar-refractivity contribution in [1.82, 2.24) is 9.78 Å². The Morgan fingerprint density at radius 1 is 1.62 bits per heavy atom. The molecule has 88 valence electrons. The van der Waals surface area contributed by atoms with E-state index < -0.39 is 0 Å². The maximum atomic E-state index is 9.57. The third-order valence-electron chi connectivity index (χ3n) is 3.10. The highest BCUT2D eigenvalue weighted by Gasteiger charge is 2.16. The third-order valence-corrected chi connectivity index (χ3v) is 3.57. The molecule has 0 amide bonds. The van der Waals surface area contributed by atoms with Crippen molar-refractivity contribution >= 4 is 11.6 Å². The number of hydrogen-bond donors (Lipinski definition) is 1. The van der Waals surface area contributed by atoms with E-state index in [0.717, 1.165) is 36.9 Å². The molecule has 1 aliphatic carbocycles. The lowest BCUT2D eigenvalue weighted by molar-refractivity contribution is 0.202. The molecular formula is C12H17ClN2O. The van der Waals surface area contributed by atoms with E-state index in [0.29, 0.717) is 5.15 Å². The van der Waals surface area contributed by atoms with Gasteiger partial charge in [-0.05, 0) is 32.6 Å². The van der Waals surface area contributed by atoms with Gasteiger partial charge in [0.1, 0.15) is 5.15 Å². The standard InChI is InChI=1S/C12H17ClN2O/c1-8-11(12(13)15(2)14-8)7-9-4-3-5-10(16)6-9/h6,10,16H,3-5,7H2,1-2H3. The number of halogens is 1. The summed E-state index contributed by atoms with van der Waals surface area (Å²) in [6, 6.07) is 0. The van der Waals surface area contributed by atoms with Crippen molar-refractivity contribution in [3.05, 3.63) is 28.1 Å². The fourth-order valence-corrected chi connectivity index (χ4v) is 2.47. The number of allylic oxidation sites excluding steroid dienone is 1. The van der Waals surface area contributed by atoms with Crippen LogP contribution in [0.25, 0.3) is 0 Å². The van der Waals surface area contributed by atoms with Crippen molar-refractivity contribution in [3.8, 4) is 0 Å². The van der Waals surface area contributed by atoms with Gasteiger partial charge in [0.15, 0.2) is 0 Å². The lowest BCUT2D eigenvalue weighted by Gasteiger charge is -2.16. The monoisotopic (exact) mass is 240 g/mol. The summed E-state index contributed by atoms with van der Waals surface area (Å²) in [6.45, 7) is 1.97. The highest BCUT2D eigenvalue weighted by atomic mass is 35.5. The van der Waals surface area contributed by atoms with E-state index in [-0.39, 0.29) is 6.10 Å². The number of aromatic nitrogens is 2. The summed E-state index contributed by atoms with van der Waals surface area (Å²) in [5.74, 6) is 0. The largest absolute Gasteiger partial charge is 0.389 e. The number of rotatable bonds is 2. The molecule has 0 bridgehead atoms. The van der Waals surface area contributed by atoms with E-state index in [1.165, 1.54) is 5.57 Å². The lowest BCUT2D eigenvalue weighted by Crippen LogP contribution is -2.10. The molecule has 0 saturated carbocycles. The van der Waals surface area contributed by atoms with Crippen LogP contribution >= 0.6 is 11.6 Å². The zero-order chi connectivity index (χ0) is 11.7. The Balaban J connectivity index is 2.20. The van der Waals surface area contributed by atoms with E-state index in [9.17, 15) is 5.11 Å². The minimum absolute atomic E-state index is 0.278. The van der Waals surface area contributed by atoms with Crippen LogP contribution in [0.1, 0.15) is 30.5 Å². The molecule has 1 heterocycles. The summed E-state index contributed by atoms with van der Waals surface area (Å²) in [7, 11) is 1.85. The van der Waals surface area contributed by atoms with Crippen molar-refractivity contribution in [3.63, 3.8) is 0 Å². The highest BCUT2D eigenvalue weighted by molar-refractivity contribution is 6.30. The van der Waals surface area contributed by atoms with Crippen LogP contribution in [0.3, 0.4) is 0 Å². The van der Waals surface area contributed by atoms with Gasteiger partial charge >= 0.3 is 0 Å². The molecule has 0 fully saturated rings. The minimum Gasteiger partial charge on any atom is -0.389 e. The van der Waals surface area contributed by atoms with Gasteiger partial charge in [0.05, 0.1) is 11.8 Å². The maximum absolute atomic E-state index is 9.57. The molecule has 0 spiro atoms. The molecule has 0 saturated heterocycles. The summed E-state index contributed by atoms with van der Waals surface area (Å²) < 4.78 is 1.70. The van der Waals surface area contributed by atoms with Gasteiger partial charge in [-0.15, -0.1) is 0 Å². The van der Waals surface area contributed by atoms with Crippen molar-refractivity contribution < 1.29 is 5.11 Å². The predicted octanol–water partition coefficient (Wildman–Crippen LogP) is 2.40. The Labute approximate surface area is 101 Å². The Morgan fingerprint density at radius 2 is 2.38 bits per heavy atom. The van der Waals surface area contributed by atoms with Gasteiger partial charge in [-0.25, -0.2) is 0 Å². The molecule has 16 heavy (non-hydrogen) atoms. The summed E-state index contributed by atoms with van der Waals surface area (Å²) in [4.78, 5) is 0. The first-order valence-electron chi connectivity index (χ1n) is 5.63. The molecule has 1 aromatic rings. The lowest BCUT2D eigenvalue weighted by atomic mass is 9.93. The first-order chi connectivity index (χ1) is 7.58. The average molecular weight is 241 g/mol. The number of aliphatic hydroxyl groups excluding tert-OH is 1. The molecule has 0 radical (unpaired) electrons. The van der Waals surface area contributed by atoms with Crippen molar-refractivity contribution in [1.29, 1.82) is 0 Å². The second kappa shape index (κ2) is 4.60. The van der Waals surface area contributed by atoms with Gasteiger partial charge in [-0.3, -0.25) is 4.68 Å². The smallest absolute Gasteiger partial charge is 0.130 e. The molecule has 3 nitrogen and oxygen atoms in total. The van der Waals surface area contributed by atoms with E-state index in [2.05, 4.69) is 5.10 Å². The van der Waals surface area contributed by atoms with Crippen molar-refractivity contribution in [2.75, 3.05) is 0 Å². The molecule has 2 rings (SSSR count). The topological polar surface area (TPSA) is 38.0 Å². The van der Waals surface area contributed by atoms with Gasteiger partial charge in [0.25, 0.3) is 0 Å². The number of aliphatic hydroxyl groups is 1. The summed E-state index contributed by atoms with van der Waals surface area (Å²) in [5.41, 5.74) is 3.34. The molecule has 4 heteroatoms. The van der Waals surface area contributed by atoms with Crippen molar-refractivity contribution in [2.24, 2.45) is 7.05 Å². The summed E-state index contributed by atoms with van der Waals surface area (Å²) >= 11 is 6.18. The van der Waals surface area contributed by atoms with Gasteiger partial charge in [0.2, 0.25) is 0 Å². The average Bonchev–Trinajstić information content (AvgIpc) is 2.45. The Hall–Kier alpha value is -0.800. The maximum Gasteiger partial charge on any atom is 0.130 e. The van der Waals surface area contributed by atoms with E-state index in [4.69, 9.17) is 11.6 Å². The number of hydrogen-bond acceptors (Lipinski definition) is 2. The van der Waals surface area contributed by atoms with Crippen molar-refractivity contribution in [2.45, 2.75) is 38.7 Å². The summed E-state index contributed by atoms with van der Waals surface area (Å²) in [6.07, 6.45) is 5.50. The van der Waals surface area contributed by atoms with Crippen LogP contribution in [0.15, 0.2) is 11.6 Å². The fraction of sp³-hybridized carbons (Fsp3) is 0.583. The number of nitrogens with zero attached hydrogens (tertiary/aromatic N) is 2. The molecule has 1 atom stereocenters. The van der Waals surface area contributed by atoms with E-state index >= 15 is 0 Å². The van der Waals surface area contributed by atoms with Crippen LogP contribution in [-0.4, -0.2) is 21.0 Å². The predicted molar refractivity (Wildman–Crippen MR) is 64.6 cm³/mol. The molecule has 1 unspecified atom stereocenters. The van der Waals surface area contributed by atoms with Gasteiger partial charge in [-0.2, -0.15) is 5.10 Å². The molecule has 0 aromatic carbocycles. The second-order valence-electron chi connectivity index (χ2n) is 4.44. The molecular weight excluding hydrogens is 224 g/mol. The first kappa shape index (κ1) is 11.7. The first-order valence-corrected chi connectivity index (χ1v) is 6.01. The molecule has 0 aliphatic heterocycles. The van der Waals surface area contributed by atoms with E-state index in [1.54, 1.807) is 4.68 Å². The summed E-state index contributed by atoms with van der Waals surface area (Å²) in [5, 5.41) is 14.6. The van der Waals surface area contributed by atoms with Crippen LogP contribution < -0.4 is 0 Å². The Kier molecular flexibility index (Phi) is 3.36. The van der Waals surface area contributed by atoms with Gasteiger partial charge < -0.3 is 5.11 Å². The highest BCUT2D eigenvalue weighted by Crippen LogP contribution is 2.26. The fourth-order valence-electron chi connectivity index (χ4n) is 2.23. The third kappa shape index (κ3) is 2.30. The van der Waals surface area contributed by atoms with Crippen LogP contribution in [0, 0.1) is 6.92 Å². The second-order valence-corrected chi connectivity index (χ2v) is 4.80. The number of aryl methyl sites for hydroxylation is 2. The Morgan fingerprint density at radius 3 is 2.94 bits per heavy atom. The zero-order valence-electron chi connectivity index (χ0n) is 9.70. The van der Waals surface area contributed by atoms with Crippen LogP contribution in [0.4, 0.5) is 0 Å². The molecule has 1 aromatic heterocycles. The molecule has 1 aliphatic rings. The van der Waals surface area contributed by atoms with Crippen LogP contribution in [0.2, 0.25) is 5.15 Å². The SMILES string of the molecule is Cc1nn(C)c(Cl)c1CC1=CC(O)CCC1. The van der Waals surface area contributed by atoms with Crippen LogP contribution in [-0.2, 0) is 13.5 Å². The minimum atomic E-state index is -0.278.